The second kappa shape index (κ2) is 13.2. The molecule has 0 bridgehead atoms. The molecule has 2 aromatic heterocycles. The number of nitrogens with one attached hydrogen (secondary N) is 2. The van der Waals surface area contributed by atoms with Crippen molar-refractivity contribution in [2.24, 2.45) is 0 Å². The number of allylic oxidation sites excluding steroid dienone is 5. The first kappa shape index (κ1) is 28.9. The zero-order valence-electron chi connectivity index (χ0n) is 19.3. The Bertz CT molecular complexity index is 1420. The number of anilines is 2. The molecule has 0 spiro atoms. The van der Waals surface area contributed by atoms with Gasteiger partial charge in [0.05, 0.1) is 21.3 Å². The Hall–Kier alpha value is -2.71. The van der Waals surface area contributed by atoms with E-state index >= 15 is 0 Å². The minimum atomic E-state index is -0.942. The molecule has 1 aromatic carbocycles. The predicted octanol–water partition coefficient (Wildman–Crippen LogP) is 6.27. The van der Waals surface area contributed by atoms with E-state index < -0.39 is 17.0 Å². The van der Waals surface area contributed by atoms with Crippen molar-refractivity contribution in [1.29, 1.82) is 0 Å². The van der Waals surface area contributed by atoms with Gasteiger partial charge in [-0.25, -0.2) is 14.4 Å². The zero-order valence-corrected chi connectivity index (χ0v) is 23.3. The van der Waals surface area contributed by atoms with Crippen molar-refractivity contribution < 1.29 is 19.1 Å². The van der Waals surface area contributed by atoms with Gasteiger partial charge < -0.3 is 15.7 Å². The lowest BCUT2D eigenvalue weighted by Crippen LogP contribution is -2.14. The van der Waals surface area contributed by atoms with Crippen LogP contribution in [0.5, 0.6) is 0 Å². The van der Waals surface area contributed by atoms with Crippen LogP contribution >= 0.6 is 58.1 Å². The lowest BCUT2D eigenvalue weighted by molar-refractivity contribution is -0.136. The molecule has 0 radical (unpaired) electrons. The van der Waals surface area contributed by atoms with Crippen LogP contribution < -0.4 is 10.6 Å². The number of aromatic nitrogens is 4. The van der Waals surface area contributed by atoms with E-state index in [2.05, 4.69) is 37.4 Å². The van der Waals surface area contributed by atoms with Gasteiger partial charge in [-0.2, -0.15) is 0 Å². The van der Waals surface area contributed by atoms with Gasteiger partial charge in [0, 0.05) is 16.8 Å². The highest BCUT2D eigenvalue weighted by Crippen LogP contribution is 2.31. The molecule has 0 aliphatic rings. The highest BCUT2D eigenvalue weighted by atomic mass is 35.5. The Kier molecular flexibility index (Phi) is 10.3. The highest BCUT2D eigenvalue weighted by Gasteiger charge is 2.16. The molecule has 9 nitrogen and oxygen atoms in total. The number of nitrogens with zero attached hydrogens (tertiary/aromatic N) is 4. The Morgan fingerprint density at radius 3 is 2.68 bits per heavy atom. The highest BCUT2D eigenvalue weighted by molar-refractivity contribution is 8.04. The minimum Gasteiger partial charge on any atom is -0.480 e. The summed E-state index contributed by atoms with van der Waals surface area (Å²) in [5.41, 5.74) is 1.20. The Balaban J connectivity index is 1.68. The third-order valence-corrected chi connectivity index (χ3v) is 8.30. The maximum absolute atomic E-state index is 14.5. The van der Waals surface area contributed by atoms with E-state index in [1.165, 1.54) is 36.3 Å². The first-order valence-corrected chi connectivity index (χ1v) is 13.7. The van der Waals surface area contributed by atoms with Crippen molar-refractivity contribution in [1.82, 2.24) is 20.2 Å². The largest absolute Gasteiger partial charge is 0.480 e. The summed E-state index contributed by atoms with van der Waals surface area (Å²) in [6, 6.07) is 5.06. The van der Waals surface area contributed by atoms with Gasteiger partial charge in [-0.1, -0.05) is 64.6 Å². The summed E-state index contributed by atoms with van der Waals surface area (Å²) < 4.78 is 15.5. The molecule has 0 fully saturated rings. The number of aliphatic carboxylic acids is 1. The van der Waals surface area contributed by atoms with Gasteiger partial charge >= 0.3 is 5.97 Å². The van der Waals surface area contributed by atoms with E-state index in [0.29, 0.717) is 31.1 Å². The van der Waals surface area contributed by atoms with Gasteiger partial charge in [0.2, 0.25) is 5.91 Å². The van der Waals surface area contributed by atoms with Gasteiger partial charge in [-0.05, 0) is 38.1 Å². The van der Waals surface area contributed by atoms with Crippen LogP contribution in [0.4, 0.5) is 15.9 Å². The van der Waals surface area contributed by atoms with E-state index in [0.717, 1.165) is 17.8 Å². The van der Waals surface area contributed by atoms with Crippen LogP contribution in [0, 0.1) is 0 Å². The monoisotopic (exact) mass is 600 g/mol. The third-order valence-electron chi connectivity index (χ3n) is 4.44. The van der Waals surface area contributed by atoms with Gasteiger partial charge in [0.15, 0.2) is 8.68 Å². The van der Waals surface area contributed by atoms with Gasteiger partial charge in [-0.3, -0.25) is 9.59 Å². The number of carbonyl (C=O) groups excluding carboxylic acids is 1. The molecule has 37 heavy (non-hydrogen) atoms. The summed E-state index contributed by atoms with van der Waals surface area (Å²) in [4.78, 5) is 31.9. The normalized spacial score (nSPS) is 13.2. The Labute approximate surface area is 233 Å². The summed E-state index contributed by atoms with van der Waals surface area (Å²) >= 11 is 15.0. The number of hydrogen-bond acceptors (Lipinski definition) is 10. The fourth-order valence-corrected chi connectivity index (χ4v) is 5.65. The maximum Gasteiger partial charge on any atom is 0.316 e. The number of carbonyl (C=O) groups is 2. The molecule has 3 aromatic rings. The van der Waals surface area contributed by atoms with Crippen LogP contribution in [0.3, 0.4) is 0 Å². The lowest BCUT2D eigenvalue weighted by atomic mass is 10.2. The van der Waals surface area contributed by atoms with Gasteiger partial charge in [0.1, 0.15) is 23.2 Å². The molecule has 0 saturated carbocycles. The molecule has 3 rings (SSSR count). The van der Waals surface area contributed by atoms with Crippen LogP contribution in [-0.4, -0.2) is 48.2 Å². The minimum absolute atomic E-state index is 0.00823. The van der Waals surface area contributed by atoms with Crippen molar-refractivity contribution in [2.45, 2.75) is 27.8 Å². The van der Waals surface area contributed by atoms with Crippen LogP contribution in [0.15, 0.2) is 67.4 Å². The van der Waals surface area contributed by atoms with Crippen LogP contribution in [0.2, 0.25) is 0 Å². The maximum atomic E-state index is 14.5. The molecule has 3 N–H and O–H groups in total. The lowest BCUT2D eigenvalue weighted by Gasteiger charge is -2.11. The molecule has 2 heterocycles. The average molecular weight is 602 g/mol. The van der Waals surface area contributed by atoms with Crippen molar-refractivity contribution in [2.75, 3.05) is 16.4 Å². The number of carboxylic acid groups (broad SMARTS) is 1. The predicted molar refractivity (Wildman–Crippen MR) is 148 cm³/mol. The standard InChI is InChI=1S/C22H19Cl2FN6O3S3/c1-10(23)15(24)7-16(25)11(2)28-19-14-6-13(4-5-17(14)26-9-27-19)29-18(32)8-35-21-30-31-22(37-21)36-12(3)20(33)34/h4-7,9,12H,1,8H2,2-3H3,(H,29,32)(H,33,34)(H,26,27,28)/b15-7+,16-11-. The van der Waals surface area contributed by atoms with Crippen LogP contribution in [0.1, 0.15) is 13.8 Å². The second-order valence-corrected chi connectivity index (χ2v) is 11.9. The number of carboxylic acids is 1. The van der Waals surface area contributed by atoms with Crippen molar-refractivity contribution in [3.8, 4) is 0 Å². The summed E-state index contributed by atoms with van der Waals surface area (Å²) in [5.74, 6) is -1.50. The summed E-state index contributed by atoms with van der Waals surface area (Å²) in [6.45, 7) is 6.51. The second-order valence-electron chi connectivity index (χ2n) is 7.22. The van der Waals surface area contributed by atoms with Crippen LogP contribution in [-0.2, 0) is 9.59 Å². The quantitative estimate of drug-likeness (QED) is 0.171. The van der Waals surface area contributed by atoms with E-state index in [1.807, 2.05) is 0 Å². The van der Waals surface area contributed by atoms with E-state index in [4.69, 9.17) is 28.3 Å². The third kappa shape index (κ3) is 8.40. The van der Waals surface area contributed by atoms with Gasteiger partial charge in [0.25, 0.3) is 0 Å². The van der Waals surface area contributed by atoms with Gasteiger partial charge in [-0.15, -0.1) is 10.2 Å². The average Bonchev–Trinajstić information content (AvgIpc) is 3.30. The van der Waals surface area contributed by atoms with Crippen molar-refractivity contribution >= 4 is 92.3 Å². The number of thioether (sulfide) groups is 2. The number of fused-ring (bicyclic) bond motifs is 1. The van der Waals surface area contributed by atoms with Crippen molar-refractivity contribution in [3.63, 3.8) is 0 Å². The van der Waals surface area contributed by atoms with Crippen molar-refractivity contribution in [3.05, 3.63) is 58.8 Å². The fourth-order valence-electron chi connectivity index (χ4n) is 2.60. The SMILES string of the molecule is C=C(Cl)/C(Cl)=C\C(F)=C(/C)Nc1ncnc2ccc(NC(=O)CSc3nnc(SC(C)C(=O)O)s3)cc12. The smallest absolute Gasteiger partial charge is 0.316 e. The first-order chi connectivity index (χ1) is 17.5. The number of halogens is 3. The summed E-state index contributed by atoms with van der Waals surface area (Å²) in [7, 11) is 0. The molecule has 1 unspecified atom stereocenters. The Morgan fingerprint density at radius 2 is 1.97 bits per heavy atom. The molecule has 0 aliphatic carbocycles. The number of amides is 1. The molecule has 0 aliphatic heterocycles. The topological polar surface area (TPSA) is 130 Å². The molecule has 15 heteroatoms. The zero-order chi connectivity index (χ0) is 27.1. The fraction of sp³-hybridized carbons (Fsp3) is 0.182. The molecule has 0 saturated heterocycles. The molecular formula is C22H19Cl2FN6O3S3. The molecule has 1 atom stereocenters. The first-order valence-electron chi connectivity index (χ1n) is 10.3. The number of rotatable bonds is 11. The van der Waals surface area contributed by atoms with E-state index in [9.17, 15) is 14.0 Å². The molecule has 1 amide bonds. The Morgan fingerprint density at radius 1 is 1.24 bits per heavy atom. The summed E-state index contributed by atoms with van der Waals surface area (Å²) in [6.07, 6.45) is 2.37. The van der Waals surface area contributed by atoms with E-state index in [1.54, 1.807) is 25.1 Å². The van der Waals surface area contributed by atoms with E-state index in [-0.39, 0.29) is 27.4 Å². The van der Waals surface area contributed by atoms with Crippen LogP contribution in [0.25, 0.3) is 10.9 Å². The number of hydrogen-bond donors (Lipinski definition) is 3. The molecule has 194 valence electrons. The molecular weight excluding hydrogens is 582 g/mol. The summed E-state index contributed by atoms with van der Waals surface area (Å²) in [5, 5.41) is 22.5. The number of benzene rings is 1.